The van der Waals surface area contributed by atoms with E-state index in [9.17, 15) is 0 Å². The number of ether oxygens (including phenoxy) is 6. The quantitative estimate of drug-likeness (QED) is 0.0321. The Morgan fingerprint density at radius 1 is 0.167 bits per heavy atom. The molecule has 16 aromatic rings. The van der Waals surface area contributed by atoms with Crippen molar-refractivity contribution < 1.29 is 57.2 Å². The Bertz CT molecular complexity index is 6090. The van der Waals surface area contributed by atoms with Crippen LogP contribution in [0.3, 0.4) is 0 Å². The molecule has 6 aliphatic rings. The molecule has 0 aromatic heterocycles. The van der Waals surface area contributed by atoms with E-state index in [1.54, 1.807) is 36.4 Å². The molecule has 12 heteroatoms. The number of aryl methyl sites for hydroxylation is 6. The maximum atomic E-state index is 15.3. The Kier molecular flexibility index (Phi) is 21.2. The second-order valence-electron chi connectivity index (χ2n) is 37.7. The number of hydrogen-bond donors (Lipinski definition) is 0. The highest BCUT2D eigenvalue weighted by atomic mass is 16.6. The highest BCUT2D eigenvalue weighted by Gasteiger charge is 2.51. The van der Waals surface area contributed by atoms with Gasteiger partial charge in [-0.05, 0) is 284 Å². The first-order valence-electron chi connectivity index (χ1n) is 46.1. The molecular weight excluding hydrogens is 1630 g/mol. The fourth-order valence-electron chi connectivity index (χ4n) is 19.6. The predicted molar refractivity (Wildman–Crippen MR) is 518 cm³/mol. The van der Waals surface area contributed by atoms with E-state index < -0.39 is 71.3 Å². The average molecular weight is 1730 g/mol. The van der Waals surface area contributed by atoms with Crippen LogP contribution < -0.4 is 28.4 Å². The Hall–Kier alpha value is -14.9. The summed E-state index contributed by atoms with van der Waals surface area (Å²) < 4.78 is 40.4. The van der Waals surface area contributed by atoms with Gasteiger partial charge in [0.2, 0.25) is 0 Å². The third-order valence-electron chi connectivity index (χ3n) is 28.3. The Morgan fingerprint density at radius 2 is 0.273 bits per heavy atom. The molecule has 0 N–H and O–H groups in total. The molecule has 132 heavy (non-hydrogen) atoms. The molecule has 0 amide bonds. The van der Waals surface area contributed by atoms with Gasteiger partial charge in [0.1, 0.15) is 0 Å². The fraction of sp³-hybridized carbons (Fsp3) is 0.200. The van der Waals surface area contributed by atoms with Crippen molar-refractivity contribution in [2.45, 2.75) is 116 Å². The highest BCUT2D eigenvalue weighted by Crippen LogP contribution is 2.58. The fourth-order valence-corrected chi connectivity index (χ4v) is 19.6. The zero-order valence-electron chi connectivity index (χ0n) is 74.2. The SMILES string of the molecule is Cc1ccc(-c2ccc(C3CC3C(=O)Oc3cc4c5cc(OC(=O)C6CC6c6ccc(-c7ccc(C)cc7)cc6)c(OC(=O)C6CC6c6ccc(-c7ccc(C)cc7)cc6)cc5c5cc(OC(=O)C6CC6c6ccc(-c7ccc(C)cc7)cc6)c(OC(=O)C6CC6c6ccc(-c7ccc(C)cc7)cc6)cc5c4cc3OC(=O)C3CC3c3ccc(-c4ccc(C)cc4)cc3)cc2)cc1. The van der Waals surface area contributed by atoms with Gasteiger partial charge in [-0.1, -0.05) is 325 Å². The summed E-state index contributed by atoms with van der Waals surface area (Å²) in [5.41, 5.74) is 25.6. The lowest BCUT2D eigenvalue weighted by Gasteiger charge is -2.19. The second kappa shape index (κ2) is 33.9. The summed E-state index contributed by atoms with van der Waals surface area (Å²) in [7, 11) is 0. The third-order valence-corrected chi connectivity index (χ3v) is 28.3. The molecule has 12 nitrogen and oxygen atoms in total. The maximum absolute atomic E-state index is 15.3. The molecule has 22 rings (SSSR count). The summed E-state index contributed by atoms with van der Waals surface area (Å²) in [5.74, 6) is -7.98. The van der Waals surface area contributed by atoms with Crippen LogP contribution in [-0.2, 0) is 28.8 Å². The Morgan fingerprint density at radius 3 is 0.386 bits per heavy atom. The number of rotatable bonds is 24. The average Bonchev–Trinajstić information content (AvgIpc) is 0.962. The molecule has 0 saturated heterocycles. The van der Waals surface area contributed by atoms with Crippen LogP contribution in [0.15, 0.2) is 328 Å². The lowest BCUT2D eigenvalue weighted by molar-refractivity contribution is -0.138. The largest absolute Gasteiger partial charge is 0.422 e. The molecular formula is C120H96O12. The van der Waals surface area contributed by atoms with Crippen molar-refractivity contribution in [2.24, 2.45) is 35.5 Å². The van der Waals surface area contributed by atoms with E-state index >= 15 is 28.8 Å². The van der Waals surface area contributed by atoms with Crippen LogP contribution in [0, 0.1) is 77.0 Å². The van der Waals surface area contributed by atoms with Crippen LogP contribution >= 0.6 is 0 Å². The number of carbonyl (C=O) groups excluding carboxylic acids is 6. The van der Waals surface area contributed by atoms with Crippen LogP contribution in [0.25, 0.3) is 99.1 Å². The van der Waals surface area contributed by atoms with Gasteiger partial charge < -0.3 is 28.4 Å². The van der Waals surface area contributed by atoms with Gasteiger partial charge in [-0.15, -0.1) is 0 Å². The lowest BCUT2D eigenvalue weighted by atomic mass is 9.93. The number of fused-ring (bicyclic) bond motifs is 6. The molecule has 0 bridgehead atoms. The van der Waals surface area contributed by atoms with Gasteiger partial charge in [0.15, 0.2) is 34.5 Å². The predicted octanol–water partition coefficient (Wildman–Crippen LogP) is 27.3. The third kappa shape index (κ3) is 17.0. The molecule has 0 spiro atoms. The van der Waals surface area contributed by atoms with Gasteiger partial charge in [-0.3, -0.25) is 28.8 Å². The van der Waals surface area contributed by atoms with E-state index in [-0.39, 0.29) is 70.0 Å². The van der Waals surface area contributed by atoms with E-state index in [0.717, 1.165) is 134 Å². The molecule has 648 valence electrons. The number of carbonyl (C=O) groups is 6. The van der Waals surface area contributed by atoms with Crippen molar-refractivity contribution in [3.63, 3.8) is 0 Å². The molecule has 6 fully saturated rings. The van der Waals surface area contributed by atoms with Gasteiger partial charge in [0.05, 0.1) is 35.5 Å². The standard InChI is InChI=1S/C120H96O12/c1-67-7-19-73(20-8-67)79-31-43-85(44-32-79)91-55-103(91)115(121)127-109-61-97-98(62-110(109)128-116(122)104-56-92(104)86-45-33-80(34-46-86)74-21-9-68(2)10-22-74)100-64-112(130-118(124)106-58-94(106)88-49-37-82(38-50-88)76-25-13-70(4)14-26-76)114(132-120(126)108-60-96(108)90-53-41-84(42-54-90)78-29-17-72(6)18-30-78)66-102(100)101-65-113(131-119(125)107-59-95(107)89-51-39-83(40-52-89)77-27-15-71(5)16-28-77)111(63-99(97)101)129-117(123)105-57-93(105)87-47-35-81(36-48-87)75-23-11-69(3)12-24-75/h7-54,61-66,91-96,103-108H,55-60H2,1-6H3. The Labute approximate surface area is 767 Å². The monoisotopic (exact) mass is 1730 g/mol. The second-order valence-corrected chi connectivity index (χ2v) is 37.7. The summed E-state index contributed by atoms with van der Waals surface area (Å²) in [5, 5.41) is 2.55. The molecule has 0 heterocycles. The summed E-state index contributed by atoms with van der Waals surface area (Å²) in [6.07, 6.45) is 3.02. The minimum Gasteiger partial charge on any atom is -0.422 e. The molecule has 6 aliphatic carbocycles. The molecule has 16 aromatic carbocycles. The van der Waals surface area contributed by atoms with Crippen molar-refractivity contribution in [1.82, 2.24) is 0 Å². The number of benzene rings is 16. The molecule has 6 saturated carbocycles. The van der Waals surface area contributed by atoms with Crippen LogP contribution in [-0.4, -0.2) is 35.8 Å². The van der Waals surface area contributed by atoms with Crippen molar-refractivity contribution >= 4 is 68.1 Å². The van der Waals surface area contributed by atoms with Gasteiger partial charge in [-0.25, -0.2) is 0 Å². The first-order valence-corrected chi connectivity index (χ1v) is 46.1. The first-order chi connectivity index (χ1) is 64.2. The zero-order chi connectivity index (χ0) is 89.8. The van der Waals surface area contributed by atoms with Crippen molar-refractivity contribution in [1.29, 1.82) is 0 Å². The van der Waals surface area contributed by atoms with Crippen LogP contribution in [0.1, 0.15) is 141 Å². The summed E-state index contributed by atoms with van der Waals surface area (Å²) >= 11 is 0. The van der Waals surface area contributed by atoms with Gasteiger partial charge in [0.25, 0.3) is 0 Å². The van der Waals surface area contributed by atoms with Crippen molar-refractivity contribution in [3.8, 4) is 101 Å². The van der Waals surface area contributed by atoms with E-state index in [0.29, 0.717) is 70.8 Å². The lowest BCUT2D eigenvalue weighted by Crippen LogP contribution is -2.16. The molecule has 0 radical (unpaired) electrons. The normalized spacial score (nSPS) is 20.5. The molecule has 12 unspecified atom stereocenters. The smallest absolute Gasteiger partial charge is 0.315 e. The van der Waals surface area contributed by atoms with Crippen LogP contribution in [0.2, 0.25) is 0 Å². The minimum absolute atomic E-state index is 0.0517. The molecule has 12 atom stereocenters. The van der Waals surface area contributed by atoms with Gasteiger partial charge in [-0.2, -0.15) is 0 Å². The van der Waals surface area contributed by atoms with Gasteiger partial charge >= 0.3 is 35.8 Å². The summed E-state index contributed by atoms with van der Waals surface area (Å²) in [6.45, 7) is 12.4. The van der Waals surface area contributed by atoms with Crippen molar-refractivity contribution in [2.75, 3.05) is 0 Å². The Balaban J connectivity index is 0.677. The summed E-state index contributed by atoms with van der Waals surface area (Å²) in [6, 6.07) is 110. The van der Waals surface area contributed by atoms with E-state index in [4.69, 9.17) is 28.4 Å². The zero-order valence-corrected chi connectivity index (χ0v) is 74.2. The van der Waals surface area contributed by atoms with Gasteiger partial charge in [0, 0.05) is 0 Å². The number of esters is 6. The van der Waals surface area contributed by atoms with Crippen LogP contribution in [0.4, 0.5) is 0 Å². The highest BCUT2D eigenvalue weighted by molar-refractivity contribution is 6.27. The minimum atomic E-state index is -0.568. The van der Waals surface area contributed by atoms with E-state index in [1.807, 2.05) is 0 Å². The first kappa shape index (κ1) is 82.8. The number of hydrogen-bond acceptors (Lipinski definition) is 12. The molecule has 0 aliphatic heterocycles. The van der Waals surface area contributed by atoms with Crippen LogP contribution in [0.5, 0.6) is 34.5 Å². The summed E-state index contributed by atoms with van der Waals surface area (Å²) in [4.78, 5) is 92.0. The van der Waals surface area contributed by atoms with Crippen molar-refractivity contribution in [3.05, 3.63) is 394 Å². The maximum Gasteiger partial charge on any atom is 0.315 e. The van der Waals surface area contributed by atoms with E-state index in [2.05, 4.69) is 333 Å². The topological polar surface area (TPSA) is 158 Å². The van der Waals surface area contributed by atoms with E-state index in [1.165, 1.54) is 0 Å².